The Hall–Kier alpha value is -2.33. The van der Waals surface area contributed by atoms with E-state index in [1.165, 1.54) is 21.6 Å². The number of aromatic nitrogens is 2. The van der Waals surface area contributed by atoms with Crippen LogP contribution in [0.5, 0.6) is 0 Å². The number of carbonyl (C=O) groups is 1. The number of carbonyl (C=O) groups excluding carboxylic acids is 1. The van der Waals surface area contributed by atoms with Crippen LogP contribution in [0.25, 0.3) is 0 Å². The summed E-state index contributed by atoms with van der Waals surface area (Å²) in [5.41, 5.74) is 4.76. The first-order valence-electron chi connectivity index (χ1n) is 9.05. The van der Waals surface area contributed by atoms with Gasteiger partial charge in [-0.2, -0.15) is 0 Å². The predicted molar refractivity (Wildman–Crippen MR) is 106 cm³/mol. The number of nitrogens with zero attached hydrogens (tertiary/aromatic N) is 2. The Labute approximate surface area is 158 Å². The van der Waals surface area contributed by atoms with E-state index in [1.807, 2.05) is 36.5 Å². The van der Waals surface area contributed by atoms with Gasteiger partial charge in [0.05, 0.1) is 11.6 Å². The van der Waals surface area contributed by atoms with Crippen LogP contribution in [0.3, 0.4) is 0 Å². The lowest BCUT2D eigenvalue weighted by Crippen LogP contribution is -2.13. The van der Waals surface area contributed by atoms with E-state index in [0.717, 1.165) is 24.9 Å². The molecule has 3 aromatic rings. The maximum Gasteiger partial charge on any atom is 0.163 e. The number of thioether (sulfide) groups is 1. The molecule has 0 fully saturated rings. The Kier molecular flexibility index (Phi) is 4.93. The molecule has 0 bridgehead atoms. The molecule has 0 saturated heterocycles. The first-order valence-corrected chi connectivity index (χ1v) is 9.93. The van der Waals surface area contributed by atoms with Crippen LogP contribution in [0.4, 0.5) is 0 Å². The van der Waals surface area contributed by atoms with E-state index in [1.54, 1.807) is 0 Å². The van der Waals surface area contributed by atoms with Gasteiger partial charge in [-0.05, 0) is 42.5 Å². The van der Waals surface area contributed by atoms with E-state index in [4.69, 9.17) is 0 Å². The standard InChI is InChI=1S/C22H22N2OS/c1-16-18-8-5-9-20(25)19(18)10-11-21(16)26-22(14-24-13-12-23-15-24)17-6-3-2-4-7-17/h2-4,6-7,10-13,15,22H,5,8-9,14H2,1H3. The summed E-state index contributed by atoms with van der Waals surface area (Å²) in [5, 5.41) is 0.293. The number of imidazole rings is 1. The average Bonchev–Trinajstić information content (AvgIpc) is 3.18. The minimum Gasteiger partial charge on any atom is -0.336 e. The zero-order chi connectivity index (χ0) is 17.9. The van der Waals surface area contributed by atoms with E-state index in [0.29, 0.717) is 17.5 Å². The number of hydrogen-bond acceptors (Lipinski definition) is 3. The Morgan fingerprint density at radius 2 is 2.00 bits per heavy atom. The molecule has 1 heterocycles. The highest BCUT2D eigenvalue weighted by molar-refractivity contribution is 7.99. The molecule has 0 saturated carbocycles. The third-order valence-corrected chi connectivity index (χ3v) is 6.46. The van der Waals surface area contributed by atoms with E-state index in [-0.39, 0.29) is 0 Å². The fourth-order valence-corrected chi connectivity index (χ4v) is 4.92. The summed E-state index contributed by atoms with van der Waals surface area (Å²) in [4.78, 5) is 17.6. The fourth-order valence-electron chi connectivity index (χ4n) is 3.62. The molecule has 1 aliphatic rings. The number of fused-ring (bicyclic) bond motifs is 1. The molecule has 1 unspecified atom stereocenters. The minimum absolute atomic E-state index is 0.293. The van der Waals surface area contributed by atoms with Crippen LogP contribution in [0.1, 0.15) is 45.1 Å². The highest BCUT2D eigenvalue weighted by Crippen LogP contribution is 2.40. The van der Waals surface area contributed by atoms with Crippen molar-refractivity contribution in [2.45, 2.75) is 42.9 Å². The van der Waals surface area contributed by atoms with Gasteiger partial charge in [0.15, 0.2) is 5.78 Å². The highest BCUT2D eigenvalue weighted by Gasteiger charge is 2.22. The monoisotopic (exact) mass is 362 g/mol. The van der Waals surface area contributed by atoms with E-state index < -0.39 is 0 Å². The second-order valence-electron chi connectivity index (χ2n) is 6.77. The number of Topliss-reactive ketones (excluding diaryl/α,β-unsaturated/α-hetero) is 1. The summed E-state index contributed by atoms with van der Waals surface area (Å²) in [6.45, 7) is 3.03. The van der Waals surface area contributed by atoms with Crippen molar-refractivity contribution < 1.29 is 4.79 Å². The van der Waals surface area contributed by atoms with Crippen LogP contribution in [0.15, 0.2) is 66.1 Å². The lowest BCUT2D eigenvalue weighted by molar-refractivity contribution is 0.0972. The van der Waals surface area contributed by atoms with Gasteiger partial charge < -0.3 is 4.57 Å². The maximum absolute atomic E-state index is 12.2. The summed E-state index contributed by atoms with van der Waals surface area (Å²) >= 11 is 1.88. The number of hydrogen-bond donors (Lipinski definition) is 0. The molecular weight excluding hydrogens is 340 g/mol. The second-order valence-corrected chi connectivity index (χ2v) is 8.01. The second kappa shape index (κ2) is 7.50. The Morgan fingerprint density at radius 1 is 1.15 bits per heavy atom. The van der Waals surface area contributed by atoms with Gasteiger partial charge in [-0.15, -0.1) is 11.8 Å². The minimum atomic E-state index is 0.293. The number of ketones is 1. The van der Waals surface area contributed by atoms with E-state index >= 15 is 0 Å². The van der Waals surface area contributed by atoms with Crippen LogP contribution in [0, 0.1) is 6.92 Å². The maximum atomic E-state index is 12.2. The molecule has 0 radical (unpaired) electrons. The summed E-state index contributed by atoms with van der Waals surface area (Å²) in [5.74, 6) is 0.295. The summed E-state index contributed by atoms with van der Waals surface area (Å²) in [7, 11) is 0. The van der Waals surface area contributed by atoms with Crippen molar-refractivity contribution in [3.05, 3.63) is 83.4 Å². The van der Waals surface area contributed by atoms with Gasteiger partial charge >= 0.3 is 0 Å². The molecule has 0 amide bonds. The lowest BCUT2D eigenvalue weighted by atomic mass is 9.88. The Bertz CT molecular complexity index is 903. The molecule has 2 aromatic carbocycles. The van der Waals surface area contributed by atoms with Crippen LogP contribution < -0.4 is 0 Å². The lowest BCUT2D eigenvalue weighted by Gasteiger charge is -2.23. The molecule has 4 rings (SSSR count). The molecule has 0 spiro atoms. The molecule has 1 aromatic heterocycles. The fraction of sp³-hybridized carbons (Fsp3) is 0.273. The summed E-state index contributed by atoms with van der Waals surface area (Å²) in [6.07, 6.45) is 8.37. The topological polar surface area (TPSA) is 34.9 Å². The average molecular weight is 362 g/mol. The number of benzene rings is 2. The third kappa shape index (κ3) is 3.47. The van der Waals surface area contributed by atoms with Crippen molar-refractivity contribution in [1.29, 1.82) is 0 Å². The SMILES string of the molecule is Cc1c(SC(Cn2ccnc2)c2ccccc2)ccc2c1CCCC2=O. The van der Waals surface area contributed by atoms with Gasteiger partial charge in [-0.25, -0.2) is 4.98 Å². The Balaban J connectivity index is 1.66. The normalized spacial score (nSPS) is 14.9. The smallest absolute Gasteiger partial charge is 0.163 e. The van der Waals surface area contributed by atoms with Gasteiger partial charge in [0.1, 0.15) is 0 Å². The molecule has 0 aliphatic heterocycles. The molecule has 3 nitrogen and oxygen atoms in total. The van der Waals surface area contributed by atoms with Crippen LogP contribution in [0.2, 0.25) is 0 Å². The van der Waals surface area contributed by atoms with Crippen molar-refractivity contribution in [2.24, 2.45) is 0 Å². The van der Waals surface area contributed by atoms with Crippen molar-refractivity contribution in [2.75, 3.05) is 0 Å². The van der Waals surface area contributed by atoms with E-state index in [9.17, 15) is 4.79 Å². The first-order chi connectivity index (χ1) is 12.7. The highest BCUT2D eigenvalue weighted by atomic mass is 32.2. The molecule has 4 heteroatoms. The van der Waals surface area contributed by atoms with Crippen LogP contribution >= 0.6 is 11.8 Å². The van der Waals surface area contributed by atoms with Gasteiger partial charge in [0.25, 0.3) is 0 Å². The number of rotatable bonds is 5. The van der Waals surface area contributed by atoms with Gasteiger partial charge in [0, 0.05) is 35.8 Å². The van der Waals surface area contributed by atoms with Gasteiger partial charge in [-0.1, -0.05) is 36.4 Å². The van der Waals surface area contributed by atoms with Crippen LogP contribution in [-0.4, -0.2) is 15.3 Å². The summed E-state index contributed by atoms with van der Waals surface area (Å²) in [6, 6.07) is 14.8. The van der Waals surface area contributed by atoms with Crippen molar-refractivity contribution >= 4 is 17.5 Å². The van der Waals surface area contributed by atoms with Crippen molar-refractivity contribution in [1.82, 2.24) is 9.55 Å². The molecule has 1 aliphatic carbocycles. The molecular formula is C22H22N2OS. The van der Waals surface area contributed by atoms with Crippen LogP contribution in [-0.2, 0) is 13.0 Å². The largest absolute Gasteiger partial charge is 0.336 e. The first kappa shape index (κ1) is 17.1. The van der Waals surface area contributed by atoms with Crippen molar-refractivity contribution in [3.63, 3.8) is 0 Å². The molecule has 1 atom stereocenters. The Morgan fingerprint density at radius 3 is 2.77 bits per heavy atom. The van der Waals surface area contributed by atoms with Gasteiger partial charge in [-0.3, -0.25) is 4.79 Å². The van der Waals surface area contributed by atoms with Gasteiger partial charge in [0.2, 0.25) is 0 Å². The van der Waals surface area contributed by atoms with E-state index in [2.05, 4.69) is 52.9 Å². The zero-order valence-corrected chi connectivity index (χ0v) is 15.7. The molecule has 132 valence electrons. The summed E-state index contributed by atoms with van der Waals surface area (Å²) < 4.78 is 2.13. The van der Waals surface area contributed by atoms with Crippen molar-refractivity contribution in [3.8, 4) is 0 Å². The third-order valence-electron chi connectivity index (χ3n) is 5.06. The molecule has 0 N–H and O–H groups in total. The predicted octanol–water partition coefficient (Wildman–Crippen LogP) is 5.24. The molecule has 26 heavy (non-hydrogen) atoms. The zero-order valence-electron chi connectivity index (χ0n) is 14.9. The quantitative estimate of drug-likeness (QED) is 0.582.